The predicted octanol–water partition coefficient (Wildman–Crippen LogP) is 5.17. The molecule has 0 unspecified atom stereocenters. The molecule has 0 N–H and O–H groups in total. The van der Waals surface area contributed by atoms with Gasteiger partial charge in [0.2, 0.25) is 5.41 Å². The van der Waals surface area contributed by atoms with Crippen LogP contribution in [0, 0.1) is 15.5 Å². The molecule has 8 heteroatoms. The first kappa shape index (κ1) is 26.8. The van der Waals surface area contributed by atoms with E-state index in [-0.39, 0.29) is 18.2 Å². The summed E-state index contributed by atoms with van der Waals surface area (Å²) < 4.78 is 10.5. The fraction of sp³-hybridized carbons (Fsp3) is 0.267. The molecule has 8 nitrogen and oxygen atoms in total. The van der Waals surface area contributed by atoms with E-state index in [4.69, 9.17) is 9.47 Å². The van der Waals surface area contributed by atoms with Gasteiger partial charge in [-0.25, -0.2) is 0 Å². The van der Waals surface area contributed by atoms with Crippen LogP contribution >= 0.6 is 0 Å². The molecule has 1 aliphatic heterocycles. The van der Waals surface area contributed by atoms with Gasteiger partial charge >= 0.3 is 11.9 Å². The highest BCUT2D eigenvalue weighted by atomic mass is 16.6. The van der Waals surface area contributed by atoms with Gasteiger partial charge in [-0.3, -0.25) is 24.6 Å². The number of hydrogen-bond donors (Lipinski definition) is 0. The predicted molar refractivity (Wildman–Crippen MR) is 143 cm³/mol. The molecular weight excluding hydrogens is 484 g/mol. The van der Waals surface area contributed by atoms with Crippen molar-refractivity contribution in [2.24, 2.45) is 5.41 Å². The Kier molecular flexibility index (Phi) is 8.02. The second kappa shape index (κ2) is 11.4. The maximum Gasteiger partial charge on any atom is 0.329 e. The molecule has 1 fully saturated rings. The Labute approximate surface area is 221 Å². The lowest BCUT2D eigenvalue weighted by molar-refractivity contribution is -0.384. The van der Waals surface area contributed by atoms with Crippen molar-refractivity contribution < 1.29 is 24.0 Å². The summed E-state index contributed by atoms with van der Waals surface area (Å²) in [6.07, 6.45) is 1.83. The highest BCUT2D eigenvalue weighted by Gasteiger charge is 2.63. The van der Waals surface area contributed by atoms with E-state index in [0.29, 0.717) is 17.7 Å². The second-order valence-corrected chi connectivity index (χ2v) is 9.36. The normalized spacial score (nSPS) is 18.6. The summed E-state index contributed by atoms with van der Waals surface area (Å²) >= 11 is 0. The van der Waals surface area contributed by atoms with Crippen LogP contribution in [0.4, 0.5) is 5.69 Å². The van der Waals surface area contributed by atoms with Crippen molar-refractivity contribution in [3.63, 3.8) is 0 Å². The average molecular weight is 515 g/mol. The van der Waals surface area contributed by atoms with Gasteiger partial charge in [0, 0.05) is 25.2 Å². The van der Waals surface area contributed by atoms with Gasteiger partial charge in [0.05, 0.1) is 25.2 Å². The Bertz CT molecular complexity index is 1310. The summed E-state index contributed by atoms with van der Waals surface area (Å²) in [5.74, 6) is -1.43. The van der Waals surface area contributed by atoms with E-state index in [0.717, 1.165) is 11.1 Å². The molecule has 0 aromatic heterocycles. The van der Waals surface area contributed by atoms with Crippen molar-refractivity contribution in [1.29, 1.82) is 0 Å². The number of carbonyl (C=O) groups excluding carboxylic acids is 2. The highest BCUT2D eigenvalue weighted by molar-refractivity contribution is 6.06. The number of esters is 2. The summed E-state index contributed by atoms with van der Waals surface area (Å²) in [5, 5.41) is 11.3. The monoisotopic (exact) mass is 514 g/mol. The van der Waals surface area contributed by atoms with Gasteiger partial charge in [0.15, 0.2) is 0 Å². The third-order valence-electron chi connectivity index (χ3n) is 7.11. The van der Waals surface area contributed by atoms with Crippen molar-refractivity contribution in [1.82, 2.24) is 4.90 Å². The van der Waals surface area contributed by atoms with Crippen LogP contribution in [0.25, 0.3) is 6.08 Å². The van der Waals surface area contributed by atoms with E-state index in [1.807, 2.05) is 66.7 Å². The molecule has 3 aromatic carbocycles. The van der Waals surface area contributed by atoms with E-state index in [1.165, 1.54) is 26.4 Å². The van der Waals surface area contributed by atoms with Crippen LogP contribution in [0.1, 0.15) is 35.6 Å². The van der Waals surface area contributed by atoms with Gasteiger partial charge < -0.3 is 9.47 Å². The number of likely N-dealkylation sites (tertiary alicyclic amines) is 1. The van der Waals surface area contributed by atoms with Gasteiger partial charge in [-0.15, -0.1) is 0 Å². The van der Waals surface area contributed by atoms with E-state index < -0.39 is 28.3 Å². The van der Waals surface area contributed by atoms with Crippen LogP contribution in [-0.4, -0.2) is 49.1 Å². The Balaban J connectivity index is 1.93. The molecule has 0 saturated carbocycles. The van der Waals surface area contributed by atoms with E-state index >= 15 is 0 Å². The van der Waals surface area contributed by atoms with Crippen LogP contribution in [0.15, 0.2) is 90.5 Å². The van der Waals surface area contributed by atoms with Crippen molar-refractivity contribution >= 4 is 23.7 Å². The van der Waals surface area contributed by atoms with Crippen molar-refractivity contribution in [3.05, 3.63) is 117 Å². The summed E-state index contributed by atoms with van der Waals surface area (Å²) in [5.41, 5.74) is 1.13. The Morgan fingerprint density at radius 2 is 1.53 bits per heavy atom. The minimum atomic E-state index is -1.81. The number of ether oxygens (including phenoxy) is 2. The molecule has 1 aliphatic rings. The highest BCUT2D eigenvalue weighted by Crippen LogP contribution is 2.53. The fourth-order valence-corrected chi connectivity index (χ4v) is 5.33. The minimum Gasteiger partial charge on any atom is -0.468 e. The zero-order chi connectivity index (χ0) is 27.3. The van der Waals surface area contributed by atoms with Crippen LogP contribution in [0.2, 0.25) is 0 Å². The topological polar surface area (TPSA) is 99.0 Å². The molecule has 0 aliphatic carbocycles. The standard InChI is InChI=1S/C30H30N2O6/c1-21(23-12-8-5-9-13-23)19-31-20-25(18-22-10-6-4-7-11-22)30(28(33)37-2,29(34)38-3)27(31)24-14-16-26(17-15-24)32(35)36/h4-18,21,27H,19-20H2,1-3H3/b25-18+/t21-,27-/m1/s1. The zero-order valence-electron chi connectivity index (χ0n) is 21.6. The summed E-state index contributed by atoms with van der Waals surface area (Å²) in [4.78, 5) is 40.3. The first-order valence-electron chi connectivity index (χ1n) is 12.3. The number of hydrogen-bond acceptors (Lipinski definition) is 7. The molecule has 0 bridgehead atoms. The molecule has 38 heavy (non-hydrogen) atoms. The first-order chi connectivity index (χ1) is 18.3. The molecule has 0 spiro atoms. The number of methoxy groups -OCH3 is 2. The quantitative estimate of drug-likeness (QED) is 0.177. The number of nitrogens with zero attached hydrogens (tertiary/aromatic N) is 2. The van der Waals surface area contributed by atoms with Crippen molar-refractivity contribution in [2.75, 3.05) is 27.3 Å². The fourth-order valence-electron chi connectivity index (χ4n) is 5.33. The third kappa shape index (κ3) is 4.95. The van der Waals surface area contributed by atoms with Gasteiger partial charge in [-0.1, -0.05) is 85.8 Å². The Morgan fingerprint density at radius 3 is 2.05 bits per heavy atom. The van der Waals surface area contributed by atoms with Crippen LogP contribution in [0.5, 0.6) is 0 Å². The average Bonchev–Trinajstić information content (AvgIpc) is 3.26. The third-order valence-corrected chi connectivity index (χ3v) is 7.11. The number of benzene rings is 3. The number of rotatable bonds is 8. The van der Waals surface area contributed by atoms with Gasteiger partial charge in [0.1, 0.15) is 0 Å². The lowest BCUT2D eigenvalue weighted by Gasteiger charge is -2.35. The Morgan fingerprint density at radius 1 is 0.974 bits per heavy atom. The lowest BCUT2D eigenvalue weighted by Crippen LogP contribution is -2.47. The number of nitro benzene ring substituents is 1. The summed E-state index contributed by atoms with van der Waals surface area (Å²) in [6.45, 7) is 2.88. The maximum atomic E-state index is 13.7. The Hall–Kier alpha value is -4.30. The van der Waals surface area contributed by atoms with Gasteiger partial charge in [-0.05, 0) is 28.2 Å². The smallest absolute Gasteiger partial charge is 0.329 e. The molecule has 0 amide bonds. The van der Waals surface area contributed by atoms with E-state index in [9.17, 15) is 19.7 Å². The zero-order valence-corrected chi connectivity index (χ0v) is 21.6. The SMILES string of the molecule is COC(=O)C1(C(=O)OC)/C(=C/c2ccccc2)CN(C[C@@H](C)c2ccccc2)[C@@H]1c1ccc([N+](=O)[O-])cc1. The summed E-state index contributed by atoms with van der Waals surface area (Å²) in [7, 11) is 2.49. The number of non-ortho nitro benzene ring substituents is 1. The largest absolute Gasteiger partial charge is 0.468 e. The minimum absolute atomic E-state index is 0.0563. The molecule has 4 rings (SSSR count). The molecule has 0 radical (unpaired) electrons. The summed E-state index contributed by atoms with van der Waals surface area (Å²) in [6, 6.07) is 24.5. The van der Waals surface area contributed by atoms with Gasteiger partial charge in [0.25, 0.3) is 5.69 Å². The molecular formula is C30H30N2O6. The lowest BCUT2D eigenvalue weighted by atomic mass is 9.73. The number of nitro groups is 1. The molecule has 1 heterocycles. The van der Waals surface area contributed by atoms with Crippen LogP contribution < -0.4 is 0 Å². The molecule has 3 aromatic rings. The van der Waals surface area contributed by atoms with Crippen LogP contribution in [-0.2, 0) is 19.1 Å². The van der Waals surface area contributed by atoms with E-state index in [1.54, 1.807) is 12.1 Å². The molecule has 1 saturated heterocycles. The van der Waals surface area contributed by atoms with Gasteiger partial charge in [-0.2, -0.15) is 0 Å². The van der Waals surface area contributed by atoms with Crippen LogP contribution in [0.3, 0.4) is 0 Å². The molecule has 196 valence electrons. The first-order valence-corrected chi connectivity index (χ1v) is 12.3. The van der Waals surface area contributed by atoms with Crippen molar-refractivity contribution in [2.45, 2.75) is 18.9 Å². The van der Waals surface area contributed by atoms with Crippen molar-refractivity contribution in [3.8, 4) is 0 Å². The second-order valence-electron chi connectivity index (χ2n) is 9.36. The maximum absolute atomic E-state index is 13.7. The van der Waals surface area contributed by atoms with E-state index in [2.05, 4.69) is 11.8 Å². The number of carbonyl (C=O) groups is 2. The molecule has 2 atom stereocenters.